The highest BCUT2D eigenvalue weighted by Gasteiger charge is 1.97. The molecular weight excluding hydrogens is 246 g/mol. The summed E-state index contributed by atoms with van der Waals surface area (Å²) in [6, 6.07) is 22.2. The number of allylic oxidation sites excluding steroid dienone is 1. The molecule has 3 heteroatoms. The Bertz CT molecular complexity index is 537. The Morgan fingerprint density at radius 1 is 0.850 bits per heavy atom. The van der Waals surface area contributed by atoms with E-state index in [0.717, 1.165) is 5.82 Å². The van der Waals surface area contributed by atoms with Gasteiger partial charge in [-0.1, -0.05) is 60.7 Å². The van der Waals surface area contributed by atoms with E-state index >= 15 is 0 Å². The fourth-order valence-electron chi connectivity index (χ4n) is 1.82. The number of rotatable bonds is 6. The van der Waals surface area contributed by atoms with E-state index in [0.29, 0.717) is 13.1 Å². The number of nitrogens with one attached hydrogen (secondary N) is 2. The SMILES string of the molecule is N#CC=C(NCc1ccccc1)NCc1ccccc1. The quantitative estimate of drug-likeness (QED) is 0.788. The fraction of sp³-hybridized carbons (Fsp3) is 0.118. The van der Waals surface area contributed by atoms with Crippen LogP contribution in [0.2, 0.25) is 0 Å². The van der Waals surface area contributed by atoms with Gasteiger partial charge in [0.05, 0.1) is 12.1 Å². The van der Waals surface area contributed by atoms with E-state index in [1.165, 1.54) is 17.2 Å². The van der Waals surface area contributed by atoms with Crippen molar-refractivity contribution in [2.45, 2.75) is 13.1 Å². The van der Waals surface area contributed by atoms with Crippen molar-refractivity contribution in [3.63, 3.8) is 0 Å². The van der Waals surface area contributed by atoms with E-state index in [1.54, 1.807) is 0 Å². The molecule has 0 spiro atoms. The monoisotopic (exact) mass is 263 g/mol. The molecular formula is C17H17N3. The molecule has 2 N–H and O–H groups in total. The maximum absolute atomic E-state index is 8.82. The Hall–Kier alpha value is -2.73. The zero-order valence-corrected chi connectivity index (χ0v) is 11.2. The Morgan fingerprint density at radius 2 is 1.30 bits per heavy atom. The maximum atomic E-state index is 8.82. The molecule has 3 nitrogen and oxygen atoms in total. The van der Waals surface area contributed by atoms with Crippen LogP contribution in [0.4, 0.5) is 0 Å². The average molecular weight is 263 g/mol. The Morgan fingerprint density at radius 3 is 1.70 bits per heavy atom. The van der Waals surface area contributed by atoms with Gasteiger partial charge in [0, 0.05) is 13.1 Å². The molecule has 0 aliphatic carbocycles. The molecule has 0 fully saturated rings. The van der Waals surface area contributed by atoms with Crippen LogP contribution < -0.4 is 10.6 Å². The lowest BCUT2D eigenvalue weighted by molar-refractivity contribution is 0.682. The third kappa shape index (κ3) is 4.51. The van der Waals surface area contributed by atoms with Gasteiger partial charge in [-0.25, -0.2) is 0 Å². The topological polar surface area (TPSA) is 47.9 Å². The zero-order chi connectivity index (χ0) is 14.0. The van der Waals surface area contributed by atoms with Crippen molar-refractivity contribution in [1.82, 2.24) is 10.6 Å². The molecule has 0 unspecified atom stereocenters. The smallest absolute Gasteiger partial charge is 0.110 e. The second-order valence-corrected chi connectivity index (χ2v) is 4.37. The lowest BCUT2D eigenvalue weighted by Crippen LogP contribution is -2.25. The summed E-state index contributed by atoms with van der Waals surface area (Å²) in [5.74, 6) is 0.736. The molecule has 2 aromatic carbocycles. The van der Waals surface area contributed by atoms with Crippen LogP contribution in [0.25, 0.3) is 0 Å². The number of nitrogens with zero attached hydrogens (tertiary/aromatic N) is 1. The van der Waals surface area contributed by atoms with Gasteiger partial charge in [0.1, 0.15) is 5.82 Å². The second kappa shape index (κ2) is 7.65. The number of hydrogen-bond donors (Lipinski definition) is 2. The molecule has 0 aliphatic heterocycles. The first kappa shape index (κ1) is 13.7. The molecule has 0 saturated carbocycles. The van der Waals surface area contributed by atoms with Gasteiger partial charge >= 0.3 is 0 Å². The van der Waals surface area contributed by atoms with Gasteiger partial charge in [-0.2, -0.15) is 5.26 Å². The molecule has 0 amide bonds. The highest BCUT2D eigenvalue weighted by atomic mass is 15.1. The van der Waals surface area contributed by atoms with Crippen LogP contribution in [-0.4, -0.2) is 0 Å². The highest BCUT2D eigenvalue weighted by Crippen LogP contribution is 2.01. The highest BCUT2D eigenvalue weighted by molar-refractivity contribution is 5.19. The van der Waals surface area contributed by atoms with E-state index in [1.807, 2.05) is 60.7 Å². The van der Waals surface area contributed by atoms with Gasteiger partial charge in [-0.3, -0.25) is 0 Å². The minimum Gasteiger partial charge on any atom is -0.367 e. The maximum Gasteiger partial charge on any atom is 0.110 e. The summed E-state index contributed by atoms with van der Waals surface area (Å²) in [6.07, 6.45) is 1.49. The predicted molar refractivity (Wildman–Crippen MR) is 80.3 cm³/mol. The summed E-state index contributed by atoms with van der Waals surface area (Å²) in [6.45, 7) is 1.38. The summed E-state index contributed by atoms with van der Waals surface area (Å²) in [5, 5.41) is 15.3. The van der Waals surface area contributed by atoms with Crippen LogP contribution in [0, 0.1) is 11.3 Å². The van der Waals surface area contributed by atoms with Crippen LogP contribution in [0.3, 0.4) is 0 Å². The molecule has 100 valence electrons. The third-order valence-electron chi connectivity index (χ3n) is 2.86. The van der Waals surface area contributed by atoms with Crippen molar-refractivity contribution in [2.75, 3.05) is 0 Å². The van der Waals surface area contributed by atoms with Crippen LogP contribution in [0.1, 0.15) is 11.1 Å². The summed E-state index contributed by atoms with van der Waals surface area (Å²) in [5.41, 5.74) is 2.36. The minimum atomic E-state index is 0.691. The standard InChI is InChI=1S/C17H17N3/c18-12-11-17(19-13-15-7-3-1-4-8-15)20-14-16-9-5-2-6-10-16/h1-11,19-20H,13-14H2. The lowest BCUT2D eigenvalue weighted by atomic mass is 10.2. The average Bonchev–Trinajstić information content (AvgIpc) is 2.52. The van der Waals surface area contributed by atoms with E-state index in [2.05, 4.69) is 16.7 Å². The molecule has 2 aromatic rings. The first-order valence-corrected chi connectivity index (χ1v) is 6.54. The number of nitriles is 1. The molecule has 0 aliphatic rings. The zero-order valence-electron chi connectivity index (χ0n) is 11.2. The molecule has 0 bridgehead atoms. The summed E-state index contributed by atoms with van der Waals surface area (Å²) in [4.78, 5) is 0. The van der Waals surface area contributed by atoms with Crippen LogP contribution >= 0.6 is 0 Å². The largest absolute Gasteiger partial charge is 0.367 e. The minimum absolute atomic E-state index is 0.691. The number of benzene rings is 2. The summed E-state index contributed by atoms with van der Waals surface area (Å²) < 4.78 is 0. The van der Waals surface area contributed by atoms with Gasteiger partial charge in [0.2, 0.25) is 0 Å². The summed E-state index contributed by atoms with van der Waals surface area (Å²) >= 11 is 0. The van der Waals surface area contributed by atoms with Crippen LogP contribution in [-0.2, 0) is 13.1 Å². The van der Waals surface area contributed by atoms with Crippen molar-refractivity contribution < 1.29 is 0 Å². The van der Waals surface area contributed by atoms with Crippen molar-refractivity contribution in [3.05, 3.63) is 83.7 Å². The fourth-order valence-corrected chi connectivity index (χ4v) is 1.82. The molecule has 0 radical (unpaired) electrons. The molecule has 2 rings (SSSR count). The number of hydrogen-bond acceptors (Lipinski definition) is 3. The van der Waals surface area contributed by atoms with E-state index in [9.17, 15) is 0 Å². The predicted octanol–water partition coefficient (Wildman–Crippen LogP) is 2.93. The van der Waals surface area contributed by atoms with Gasteiger partial charge in [0.25, 0.3) is 0 Å². The van der Waals surface area contributed by atoms with Crippen molar-refractivity contribution in [1.29, 1.82) is 5.26 Å². The van der Waals surface area contributed by atoms with Gasteiger partial charge in [-0.05, 0) is 11.1 Å². The van der Waals surface area contributed by atoms with E-state index < -0.39 is 0 Å². The van der Waals surface area contributed by atoms with Crippen molar-refractivity contribution in [2.24, 2.45) is 0 Å². The van der Waals surface area contributed by atoms with Crippen LogP contribution in [0.15, 0.2) is 72.6 Å². The first-order chi connectivity index (χ1) is 9.88. The van der Waals surface area contributed by atoms with Crippen molar-refractivity contribution in [3.8, 4) is 6.07 Å². The Labute approximate surface area is 119 Å². The van der Waals surface area contributed by atoms with Gasteiger partial charge < -0.3 is 10.6 Å². The van der Waals surface area contributed by atoms with Crippen molar-refractivity contribution >= 4 is 0 Å². The second-order valence-electron chi connectivity index (χ2n) is 4.37. The molecule has 0 saturated heterocycles. The Kier molecular flexibility index (Phi) is 5.24. The molecule has 0 atom stereocenters. The first-order valence-electron chi connectivity index (χ1n) is 6.54. The lowest BCUT2D eigenvalue weighted by Gasteiger charge is -2.12. The normalized spacial score (nSPS) is 9.35. The molecule has 0 aromatic heterocycles. The van der Waals surface area contributed by atoms with E-state index in [-0.39, 0.29) is 0 Å². The third-order valence-corrected chi connectivity index (χ3v) is 2.86. The Balaban J connectivity index is 1.88. The van der Waals surface area contributed by atoms with E-state index in [4.69, 9.17) is 5.26 Å². The van der Waals surface area contributed by atoms with Gasteiger partial charge in [0.15, 0.2) is 0 Å². The summed E-state index contributed by atoms with van der Waals surface area (Å²) in [7, 11) is 0. The molecule has 0 heterocycles. The molecule has 20 heavy (non-hydrogen) atoms. The van der Waals surface area contributed by atoms with Crippen LogP contribution in [0.5, 0.6) is 0 Å². The van der Waals surface area contributed by atoms with Gasteiger partial charge in [-0.15, -0.1) is 0 Å².